The standard InChI is InChI=1S/C13H26N2O3/c1-14(2)7-3-8-15-9-4-12(5-10-15)18-11-6-13(16)17/h12H,3-11H2,1-2H3,(H,16,17). The highest BCUT2D eigenvalue weighted by atomic mass is 16.5. The molecule has 0 aromatic heterocycles. The molecule has 0 amide bonds. The van der Waals surface area contributed by atoms with Crippen LogP contribution in [-0.4, -0.2) is 73.9 Å². The summed E-state index contributed by atoms with van der Waals surface area (Å²) in [7, 11) is 4.20. The third-order valence-electron chi connectivity index (χ3n) is 3.28. The number of nitrogens with zero attached hydrogens (tertiary/aromatic N) is 2. The van der Waals surface area contributed by atoms with Gasteiger partial charge in [0.1, 0.15) is 0 Å². The SMILES string of the molecule is CN(C)CCCN1CCC(OCCC(=O)O)CC1. The number of likely N-dealkylation sites (tertiary alicyclic amines) is 1. The predicted molar refractivity (Wildman–Crippen MR) is 70.8 cm³/mol. The van der Waals surface area contributed by atoms with Gasteiger partial charge in [0.25, 0.3) is 0 Å². The number of rotatable bonds is 8. The lowest BCUT2D eigenvalue weighted by Crippen LogP contribution is -2.38. The van der Waals surface area contributed by atoms with Crippen molar-refractivity contribution in [2.75, 3.05) is 46.9 Å². The monoisotopic (exact) mass is 258 g/mol. The predicted octanol–water partition coefficient (Wildman–Crippen LogP) is 0.894. The number of carbonyl (C=O) groups is 1. The zero-order valence-corrected chi connectivity index (χ0v) is 11.6. The van der Waals surface area contributed by atoms with Crippen LogP contribution in [0, 0.1) is 0 Å². The summed E-state index contributed by atoms with van der Waals surface area (Å²) in [4.78, 5) is 15.1. The smallest absolute Gasteiger partial charge is 0.305 e. The van der Waals surface area contributed by atoms with Crippen LogP contribution in [0.15, 0.2) is 0 Å². The van der Waals surface area contributed by atoms with Crippen LogP contribution in [0.2, 0.25) is 0 Å². The average molecular weight is 258 g/mol. The van der Waals surface area contributed by atoms with Crippen LogP contribution in [-0.2, 0) is 9.53 Å². The second-order valence-electron chi connectivity index (χ2n) is 5.21. The zero-order chi connectivity index (χ0) is 13.4. The lowest BCUT2D eigenvalue weighted by atomic mass is 10.1. The number of aliphatic carboxylic acids is 1. The van der Waals surface area contributed by atoms with Crippen molar-refractivity contribution in [3.8, 4) is 0 Å². The van der Waals surface area contributed by atoms with Gasteiger partial charge in [-0.25, -0.2) is 0 Å². The summed E-state index contributed by atoms with van der Waals surface area (Å²) < 4.78 is 5.57. The maximum atomic E-state index is 10.4. The molecule has 0 unspecified atom stereocenters. The van der Waals surface area contributed by atoms with Crippen molar-refractivity contribution in [2.45, 2.75) is 31.8 Å². The van der Waals surface area contributed by atoms with E-state index in [0.29, 0.717) is 6.61 Å². The maximum absolute atomic E-state index is 10.4. The molecule has 0 aromatic carbocycles. The van der Waals surface area contributed by atoms with Crippen molar-refractivity contribution in [3.63, 3.8) is 0 Å². The van der Waals surface area contributed by atoms with Crippen molar-refractivity contribution in [1.82, 2.24) is 9.80 Å². The van der Waals surface area contributed by atoms with E-state index in [1.165, 1.54) is 6.42 Å². The van der Waals surface area contributed by atoms with E-state index in [1.807, 2.05) is 0 Å². The van der Waals surface area contributed by atoms with Crippen LogP contribution in [0.1, 0.15) is 25.7 Å². The largest absolute Gasteiger partial charge is 0.481 e. The third kappa shape index (κ3) is 6.93. The van der Waals surface area contributed by atoms with Crippen LogP contribution in [0.3, 0.4) is 0 Å². The first kappa shape index (κ1) is 15.4. The number of ether oxygens (including phenoxy) is 1. The molecular formula is C13H26N2O3. The zero-order valence-electron chi connectivity index (χ0n) is 11.6. The Morgan fingerprint density at radius 2 is 2.06 bits per heavy atom. The van der Waals surface area contributed by atoms with E-state index in [2.05, 4.69) is 23.9 Å². The van der Waals surface area contributed by atoms with Crippen molar-refractivity contribution >= 4 is 5.97 Å². The molecule has 1 N–H and O–H groups in total. The van der Waals surface area contributed by atoms with E-state index in [0.717, 1.165) is 39.0 Å². The van der Waals surface area contributed by atoms with E-state index in [9.17, 15) is 4.79 Å². The van der Waals surface area contributed by atoms with E-state index in [1.54, 1.807) is 0 Å². The molecular weight excluding hydrogens is 232 g/mol. The Morgan fingerprint density at radius 1 is 1.39 bits per heavy atom. The van der Waals surface area contributed by atoms with Crippen molar-refractivity contribution in [1.29, 1.82) is 0 Å². The quantitative estimate of drug-likeness (QED) is 0.701. The molecule has 0 atom stereocenters. The molecule has 1 rings (SSSR count). The molecule has 1 aliphatic heterocycles. The highest BCUT2D eigenvalue weighted by Gasteiger charge is 2.19. The molecule has 0 aliphatic carbocycles. The average Bonchev–Trinajstić information content (AvgIpc) is 2.30. The van der Waals surface area contributed by atoms with Crippen LogP contribution in [0.5, 0.6) is 0 Å². The van der Waals surface area contributed by atoms with Gasteiger partial charge in [-0.15, -0.1) is 0 Å². The lowest BCUT2D eigenvalue weighted by molar-refractivity contribution is -0.138. The van der Waals surface area contributed by atoms with Gasteiger partial charge in [0.15, 0.2) is 0 Å². The molecule has 0 bridgehead atoms. The van der Waals surface area contributed by atoms with Crippen molar-refractivity contribution in [3.05, 3.63) is 0 Å². The molecule has 1 aliphatic rings. The maximum Gasteiger partial charge on any atom is 0.305 e. The van der Waals surface area contributed by atoms with Gasteiger partial charge in [-0.05, 0) is 46.4 Å². The first-order valence-corrected chi connectivity index (χ1v) is 6.78. The second kappa shape index (κ2) is 8.45. The van der Waals surface area contributed by atoms with E-state index in [4.69, 9.17) is 9.84 Å². The molecule has 1 heterocycles. The third-order valence-corrected chi connectivity index (χ3v) is 3.28. The summed E-state index contributed by atoms with van der Waals surface area (Å²) in [6.07, 6.45) is 3.64. The fourth-order valence-electron chi connectivity index (χ4n) is 2.22. The van der Waals surface area contributed by atoms with Gasteiger partial charge in [-0.3, -0.25) is 4.79 Å². The Morgan fingerprint density at radius 3 is 2.61 bits per heavy atom. The van der Waals surface area contributed by atoms with Gasteiger partial charge in [0.05, 0.1) is 19.1 Å². The first-order chi connectivity index (χ1) is 8.58. The van der Waals surface area contributed by atoms with Crippen LogP contribution in [0.25, 0.3) is 0 Å². The molecule has 0 spiro atoms. The fraction of sp³-hybridized carbons (Fsp3) is 0.923. The minimum Gasteiger partial charge on any atom is -0.481 e. The lowest BCUT2D eigenvalue weighted by Gasteiger charge is -2.32. The van der Waals surface area contributed by atoms with Crippen LogP contribution in [0.4, 0.5) is 0 Å². The molecule has 0 radical (unpaired) electrons. The molecule has 1 saturated heterocycles. The summed E-state index contributed by atoms with van der Waals surface area (Å²) >= 11 is 0. The summed E-state index contributed by atoms with van der Waals surface area (Å²) in [5, 5.41) is 8.53. The van der Waals surface area contributed by atoms with Gasteiger partial charge in [0.2, 0.25) is 0 Å². The number of hydrogen-bond donors (Lipinski definition) is 1. The minimum absolute atomic E-state index is 0.114. The van der Waals surface area contributed by atoms with Gasteiger partial charge in [-0.1, -0.05) is 0 Å². The molecule has 0 aromatic rings. The number of carboxylic acid groups (broad SMARTS) is 1. The van der Waals surface area contributed by atoms with Crippen molar-refractivity contribution < 1.29 is 14.6 Å². The molecule has 5 heteroatoms. The van der Waals surface area contributed by atoms with E-state index >= 15 is 0 Å². The minimum atomic E-state index is -0.781. The number of carboxylic acids is 1. The van der Waals surface area contributed by atoms with Crippen LogP contribution >= 0.6 is 0 Å². The fourth-order valence-corrected chi connectivity index (χ4v) is 2.22. The van der Waals surface area contributed by atoms with Gasteiger partial charge >= 0.3 is 5.97 Å². The normalized spacial score (nSPS) is 18.4. The Labute approximate surface area is 110 Å². The molecule has 18 heavy (non-hydrogen) atoms. The molecule has 5 nitrogen and oxygen atoms in total. The molecule has 1 fully saturated rings. The highest BCUT2D eigenvalue weighted by Crippen LogP contribution is 2.14. The highest BCUT2D eigenvalue weighted by molar-refractivity contribution is 5.66. The Bertz CT molecular complexity index is 238. The van der Waals surface area contributed by atoms with Gasteiger partial charge in [0, 0.05) is 13.1 Å². The van der Waals surface area contributed by atoms with E-state index in [-0.39, 0.29) is 12.5 Å². The van der Waals surface area contributed by atoms with Gasteiger partial charge in [-0.2, -0.15) is 0 Å². The molecule has 106 valence electrons. The van der Waals surface area contributed by atoms with Crippen molar-refractivity contribution in [2.24, 2.45) is 0 Å². The Kier molecular flexibility index (Phi) is 7.23. The topological polar surface area (TPSA) is 53.0 Å². The summed E-state index contributed by atoms with van der Waals surface area (Å²) in [6.45, 7) is 4.78. The second-order valence-corrected chi connectivity index (χ2v) is 5.21. The summed E-state index contributed by atoms with van der Waals surface area (Å²) in [5.74, 6) is -0.781. The molecule has 0 saturated carbocycles. The number of piperidine rings is 1. The van der Waals surface area contributed by atoms with Crippen LogP contribution < -0.4 is 0 Å². The number of hydrogen-bond acceptors (Lipinski definition) is 4. The first-order valence-electron chi connectivity index (χ1n) is 6.78. The summed E-state index contributed by atoms with van der Waals surface area (Å²) in [6, 6.07) is 0. The van der Waals surface area contributed by atoms with E-state index < -0.39 is 5.97 Å². The van der Waals surface area contributed by atoms with Gasteiger partial charge < -0.3 is 19.6 Å². The Hall–Kier alpha value is -0.650. The summed E-state index contributed by atoms with van der Waals surface area (Å²) in [5.41, 5.74) is 0. The Balaban J connectivity index is 2.03.